The highest BCUT2D eigenvalue weighted by Crippen LogP contribution is 2.41. The van der Waals surface area contributed by atoms with Crippen molar-refractivity contribution >= 4 is 45.9 Å². The molecule has 0 amide bonds. The molecular formula is C18H16Cl2N2OS2. The monoisotopic (exact) mass is 410 g/mol. The Labute approximate surface area is 164 Å². The summed E-state index contributed by atoms with van der Waals surface area (Å²) >= 11 is 15.8. The number of rotatable bonds is 4. The lowest BCUT2D eigenvalue weighted by Gasteiger charge is -2.27. The molecule has 3 nitrogen and oxygen atoms in total. The first kappa shape index (κ1) is 17.5. The second-order valence-corrected chi connectivity index (χ2v) is 8.86. The normalized spacial score (nSPS) is 19.6. The molecule has 3 aromatic rings. The van der Waals surface area contributed by atoms with E-state index in [0.717, 1.165) is 21.8 Å². The molecule has 1 aliphatic carbocycles. The van der Waals surface area contributed by atoms with Crippen LogP contribution in [0.1, 0.15) is 22.9 Å². The van der Waals surface area contributed by atoms with Crippen LogP contribution in [0.3, 0.4) is 0 Å². The number of thiophene rings is 1. The number of hydrogen-bond donors (Lipinski definition) is 1. The molecule has 1 N–H and O–H groups in total. The lowest BCUT2D eigenvalue weighted by Crippen LogP contribution is -2.30. The Hall–Kier alpha value is -0.950. The van der Waals surface area contributed by atoms with Gasteiger partial charge in [0.15, 0.2) is 0 Å². The van der Waals surface area contributed by atoms with E-state index in [1.165, 1.54) is 4.88 Å². The Morgan fingerprint density at radius 3 is 2.92 bits per heavy atom. The van der Waals surface area contributed by atoms with E-state index < -0.39 is 6.10 Å². The van der Waals surface area contributed by atoms with E-state index in [9.17, 15) is 5.11 Å². The maximum absolute atomic E-state index is 10.6. The molecule has 2 heterocycles. The van der Waals surface area contributed by atoms with E-state index in [0.29, 0.717) is 23.0 Å². The van der Waals surface area contributed by atoms with Gasteiger partial charge in [-0.2, -0.15) is 0 Å². The molecule has 2 atom stereocenters. The first-order valence-electron chi connectivity index (χ1n) is 7.87. The largest absolute Gasteiger partial charge is 0.391 e. The number of aliphatic hydroxyl groups is 1. The predicted molar refractivity (Wildman–Crippen MR) is 106 cm³/mol. The molecular weight excluding hydrogens is 395 g/mol. The van der Waals surface area contributed by atoms with Crippen LogP contribution in [0.2, 0.25) is 10.0 Å². The number of halogens is 2. The molecule has 0 saturated carbocycles. The molecule has 25 heavy (non-hydrogen) atoms. The third-order valence-corrected chi connectivity index (χ3v) is 6.95. The molecule has 0 spiro atoms. The number of thiazole rings is 1. The maximum Gasteiger partial charge on any atom is 0.133 e. The number of likely N-dealkylation sites (N-methyl/N-ethyl adjacent to an activating group) is 1. The number of aromatic nitrogens is 1. The number of fused-ring (bicyclic) bond motifs is 1. The first-order valence-corrected chi connectivity index (χ1v) is 10.4. The molecule has 0 bridgehead atoms. The fourth-order valence-corrected chi connectivity index (χ4v) is 5.62. The van der Waals surface area contributed by atoms with Crippen LogP contribution in [0.15, 0.2) is 35.0 Å². The summed E-state index contributed by atoms with van der Waals surface area (Å²) in [6.07, 6.45) is 0.0593. The van der Waals surface area contributed by atoms with Gasteiger partial charge in [0.2, 0.25) is 0 Å². The van der Waals surface area contributed by atoms with Crippen molar-refractivity contribution in [2.75, 3.05) is 7.05 Å². The molecule has 0 aliphatic heterocycles. The van der Waals surface area contributed by atoms with Gasteiger partial charge in [-0.3, -0.25) is 4.90 Å². The smallest absolute Gasteiger partial charge is 0.133 e. The highest BCUT2D eigenvalue weighted by atomic mass is 35.5. The fourth-order valence-electron chi connectivity index (χ4n) is 3.41. The van der Waals surface area contributed by atoms with Crippen LogP contribution in [0, 0.1) is 0 Å². The van der Waals surface area contributed by atoms with Gasteiger partial charge in [-0.25, -0.2) is 4.98 Å². The zero-order valence-electron chi connectivity index (χ0n) is 13.4. The van der Waals surface area contributed by atoms with Gasteiger partial charge in [-0.15, -0.1) is 22.7 Å². The van der Waals surface area contributed by atoms with Crippen molar-refractivity contribution in [3.63, 3.8) is 0 Å². The minimum absolute atomic E-state index is 0.127. The second-order valence-electron chi connectivity index (χ2n) is 6.21. The van der Waals surface area contributed by atoms with Gasteiger partial charge >= 0.3 is 0 Å². The van der Waals surface area contributed by atoms with E-state index in [1.54, 1.807) is 28.7 Å². The summed E-state index contributed by atoms with van der Waals surface area (Å²) in [7, 11) is 2.00. The van der Waals surface area contributed by atoms with Crippen molar-refractivity contribution in [2.45, 2.75) is 25.1 Å². The van der Waals surface area contributed by atoms with Crippen LogP contribution >= 0.6 is 45.9 Å². The molecule has 0 radical (unpaired) electrons. The Kier molecular flexibility index (Phi) is 4.88. The maximum atomic E-state index is 10.6. The molecule has 130 valence electrons. The zero-order chi connectivity index (χ0) is 17.6. The quantitative estimate of drug-likeness (QED) is 0.636. The van der Waals surface area contributed by atoms with Crippen molar-refractivity contribution in [3.8, 4) is 9.88 Å². The van der Waals surface area contributed by atoms with Gasteiger partial charge in [0.25, 0.3) is 0 Å². The van der Waals surface area contributed by atoms with Crippen LogP contribution in [-0.2, 0) is 13.0 Å². The van der Waals surface area contributed by atoms with Gasteiger partial charge in [0.05, 0.1) is 22.7 Å². The van der Waals surface area contributed by atoms with Crippen molar-refractivity contribution in [1.82, 2.24) is 9.88 Å². The van der Waals surface area contributed by atoms with Crippen LogP contribution in [0.4, 0.5) is 0 Å². The highest BCUT2D eigenvalue weighted by molar-refractivity contribution is 7.20. The van der Waals surface area contributed by atoms with Crippen molar-refractivity contribution < 1.29 is 5.11 Å². The summed E-state index contributed by atoms with van der Waals surface area (Å²) in [5, 5.41) is 17.0. The minimum Gasteiger partial charge on any atom is -0.391 e. The minimum atomic E-state index is -0.494. The average Bonchev–Trinajstić information content (AvgIpc) is 3.25. The van der Waals surface area contributed by atoms with Crippen LogP contribution < -0.4 is 0 Å². The molecule has 4 rings (SSSR count). The second kappa shape index (κ2) is 6.99. The summed E-state index contributed by atoms with van der Waals surface area (Å²) in [6.45, 7) is 0.660. The molecule has 0 fully saturated rings. The van der Waals surface area contributed by atoms with Gasteiger partial charge in [0, 0.05) is 28.4 Å². The zero-order valence-corrected chi connectivity index (χ0v) is 16.6. The Balaban J connectivity index is 1.57. The van der Waals surface area contributed by atoms with Crippen LogP contribution in [-0.4, -0.2) is 28.1 Å². The van der Waals surface area contributed by atoms with E-state index in [1.807, 2.05) is 19.2 Å². The first-order chi connectivity index (χ1) is 12.0. The Bertz CT molecular complexity index is 895. The topological polar surface area (TPSA) is 36.4 Å². The number of nitrogens with zero attached hydrogens (tertiary/aromatic N) is 2. The van der Waals surface area contributed by atoms with Crippen molar-refractivity contribution in [1.29, 1.82) is 0 Å². The average molecular weight is 411 g/mol. The van der Waals surface area contributed by atoms with E-state index >= 15 is 0 Å². The van der Waals surface area contributed by atoms with E-state index in [2.05, 4.69) is 21.7 Å². The van der Waals surface area contributed by atoms with Gasteiger partial charge in [0.1, 0.15) is 5.01 Å². The van der Waals surface area contributed by atoms with E-state index in [4.69, 9.17) is 28.2 Å². The third-order valence-electron chi connectivity index (χ3n) is 4.46. The summed E-state index contributed by atoms with van der Waals surface area (Å²) in [4.78, 5) is 8.04. The Morgan fingerprint density at radius 2 is 2.16 bits per heavy atom. The molecule has 0 saturated heterocycles. The molecule has 7 heteroatoms. The van der Waals surface area contributed by atoms with Crippen molar-refractivity contribution in [3.05, 3.63) is 61.9 Å². The van der Waals surface area contributed by atoms with Gasteiger partial charge < -0.3 is 5.11 Å². The highest BCUT2D eigenvalue weighted by Gasteiger charge is 2.35. The molecule has 2 aromatic heterocycles. The van der Waals surface area contributed by atoms with Crippen molar-refractivity contribution in [2.24, 2.45) is 0 Å². The lowest BCUT2D eigenvalue weighted by atomic mass is 10.1. The summed E-state index contributed by atoms with van der Waals surface area (Å²) in [5.41, 5.74) is 3.01. The van der Waals surface area contributed by atoms with Gasteiger partial charge in [-0.05, 0) is 41.8 Å². The van der Waals surface area contributed by atoms with E-state index in [-0.39, 0.29) is 6.04 Å². The fraction of sp³-hybridized carbons (Fsp3) is 0.278. The number of hydrogen-bond acceptors (Lipinski definition) is 5. The SMILES string of the molecule is CN(Cc1csc(-c2cccs2)n1)[C@H]1c2cc(Cl)cc(Cl)c2C[C@H]1O. The summed E-state index contributed by atoms with van der Waals surface area (Å²) in [5.74, 6) is 0. The van der Waals surface area contributed by atoms with Crippen LogP contribution in [0.25, 0.3) is 9.88 Å². The summed E-state index contributed by atoms with van der Waals surface area (Å²) in [6, 6.07) is 7.64. The number of aliphatic hydroxyl groups excluding tert-OH is 1. The van der Waals surface area contributed by atoms with Crippen LogP contribution in [0.5, 0.6) is 0 Å². The summed E-state index contributed by atoms with van der Waals surface area (Å²) < 4.78 is 0. The third kappa shape index (κ3) is 3.37. The molecule has 1 aliphatic rings. The molecule has 1 aromatic carbocycles. The Morgan fingerprint density at radius 1 is 1.32 bits per heavy atom. The predicted octanol–water partition coefficient (Wildman–Crippen LogP) is 5.27. The van der Waals surface area contributed by atoms with Gasteiger partial charge in [-0.1, -0.05) is 29.3 Å². The number of benzene rings is 1. The standard InChI is InChI=1S/C18H16Cl2N2OS2/c1-22(8-11-9-25-18(21-11)16-3-2-4-24-16)17-13-5-10(19)6-14(20)12(13)7-15(17)23/h2-6,9,15,17,23H,7-8H2,1H3/t15-,17+/m1/s1. The lowest BCUT2D eigenvalue weighted by molar-refractivity contribution is 0.0719. The molecule has 0 unspecified atom stereocenters.